The summed E-state index contributed by atoms with van der Waals surface area (Å²) in [6.45, 7) is 3.30. The molecule has 1 N–H and O–H groups in total. The van der Waals surface area contributed by atoms with Crippen LogP contribution in [-0.4, -0.2) is 52.2 Å². The molecule has 2 saturated carbocycles. The SMILES string of the molecule is C=S(=O)(OC1CC2C(NC(=O)OCC)C(C1)C1OC21)C(C)=O. The first-order valence-electron chi connectivity index (χ1n) is 7.48. The fourth-order valence-corrected chi connectivity index (χ4v) is 4.44. The van der Waals surface area contributed by atoms with Crippen LogP contribution in [0.1, 0.15) is 26.7 Å². The first-order chi connectivity index (χ1) is 10.3. The number of rotatable bonds is 4. The Morgan fingerprint density at radius 2 is 1.91 bits per heavy atom. The molecule has 1 aliphatic heterocycles. The Bertz CT molecular complexity index is 570. The van der Waals surface area contributed by atoms with Crippen molar-refractivity contribution in [2.45, 2.75) is 51.0 Å². The second-order valence-electron chi connectivity index (χ2n) is 6.08. The van der Waals surface area contributed by atoms with Crippen LogP contribution >= 0.6 is 0 Å². The monoisotopic (exact) mass is 331 g/mol. The van der Waals surface area contributed by atoms with E-state index < -0.39 is 21.0 Å². The van der Waals surface area contributed by atoms with E-state index in [1.165, 1.54) is 6.92 Å². The molecule has 1 amide bonds. The van der Waals surface area contributed by atoms with Gasteiger partial charge in [0.25, 0.3) is 0 Å². The Morgan fingerprint density at radius 3 is 2.41 bits per heavy atom. The molecular formula is C14H21NO6S. The normalized spacial score (nSPS) is 41.2. The molecule has 3 fully saturated rings. The van der Waals surface area contributed by atoms with Crippen molar-refractivity contribution in [1.29, 1.82) is 0 Å². The highest BCUT2D eigenvalue weighted by atomic mass is 32.2. The van der Waals surface area contributed by atoms with Crippen LogP contribution in [0.2, 0.25) is 0 Å². The molecule has 1 heterocycles. The van der Waals surface area contributed by atoms with Gasteiger partial charge in [0, 0.05) is 24.8 Å². The van der Waals surface area contributed by atoms with E-state index >= 15 is 0 Å². The van der Waals surface area contributed by atoms with E-state index in [0.717, 1.165) is 0 Å². The zero-order valence-corrected chi connectivity index (χ0v) is 13.5. The summed E-state index contributed by atoms with van der Waals surface area (Å²) in [5, 5.41) is 2.35. The zero-order chi connectivity index (χ0) is 16.1. The van der Waals surface area contributed by atoms with Crippen LogP contribution in [0.25, 0.3) is 0 Å². The third-order valence-corrected chi connectivity index (χ3v) is 6.15. The van der Waals surface area contributed by atoms with Gasteiger partial charge >= 0.3 is 6.09 Å². The molecule has 0 aromatic heterocycles. The number of amides is 1. The van der Waals surface area contributed by atoms with Crippen molar-refractivity contribution in [2.24, 2.45) is 11.8 Å². The molecule has 22 heavy (non-hydrogen) atoms. The molecule has 1 saturated heterocycles. The highest BCUT2D eigenvalue weighted by molar-refractivity contribution is 8.09. The number of epoxide rings is 1. The maximum absolute atomic E-state index is 12.0. The van der Waals surface area contributed by atoms with Crippen molar-refractivity contribution >= 4 is 26.9 Å². The van der Waals surface area contributed by atoms with Crippen LogP contribution in [0.5, 0.6) is 0 Å². The van der Waals surface area contributed by atoms with E-state index in [-0.39, 0.29) is 36.2 Å². The maximum atomic E-state index is 12.0. The minimum Gasteiger partial charge on any atom is -0.450 e. The summed E-state index contributed by atoms with van der Waals surface area (Å²) in [7, 11) is -3.16. The summed E-state index contributed by atoms with van der Waals surface area (Å²) >= 11 is 0. The standard InChI is InChI=1S/C14H21NO6S/c1-4-19-14(17)15-11-9-5-8(21-22(3,18)7(2)16)6-10(11)13-12(9)20-13/h8-13H,3-6H2,1-2H3,(H,15,17). The van der Waals surface area contributed by atoms with Crippen LogP contribution in [0.3, 0.4) is 0 Å². The highest BCUT2D eigenvalue weighted by Crippen LogP contribution is 2.54. The Morgan fingerprint density at radius 1 is 1.32 bits per heavy atom. The van der Waals surface area contributed by atoms with Crippen molar-refractivity contribution in [2.75, 3.05) is 6.61 Å². The maximum Gasteiger partial charge on any atom is 0.407 e. The molecule has 8 heteroatoms. The number of carbonyl (C=O) groups is 2. The summed E-state index contributed by atoms with van der Waals surface area (Å²) in [6.07, 6.45) is 0.698. The van der Waals surface area contributed by atoms with E-state index in [1.54, 1.807) is 6.92 Å². The van der Waals surface area contributed by atoms with Crippen molar-refractivity contribution < 1.29 is 27.5 Å². The molecule has 2 bridgehead atoms. The van der Waals surface area contributed by atoms with Crippen molar-refractivity contribution in [3.8, 4) is 0 Å². The second kappa shape index (κ2) is 5.50. The second-order valence-corrected chi connectivity index (χ2v) is 8.08. The smallest absolute Gasteiger partial charge is 0.407 e. The predicted octanol–water partition coefficient (Wildman–Crippen LogP) is 0.471. The molecule has 3 rings (SSSR count). The van der Waals surface area contributed by atoms with E-state index in [1.807, 2.05) is 0 Å². The quantitative estimate of drug-likeness (QED) is 0.594. The van der Waals surface area contributed by atoms with Gasteiger partial charge in [-0.05, 0) is 25.6 Å². The van der Waals surface area contributed by atoms with E-state index in [9.17, 15) is 13.8 Å². The number of fused-ring (bicyclic) bond motifs is 5. The van der Waals surface area contributed by atoms with E-state index in [4.69, 9.17) is 13.7 Å². The topological polar surface area (TPSA) is 94.2 Å². The van der Waals surface area contributed by atoms with Gasteiger partial charge in [-0.2, -0.15) is 0 Å². The lowest BCUT2D eigenvalue weighted by atomic mass is 9.81. The van der Waals surface area contributed by atoms with Gasteiger partial charge < -0.3 is 14.8 Å². The van der Waals surface area contributed by atoms with Gasteiger partial charge in [0.1, 0.15) is 9.80 Å². The van der Waals surface area contributed by atoms with Crippen LogP contribution < -0.4 is 5.32 Å². The molecule has 7 nitrogen and oxygen atoms in total. The molecule has 5 atom stereocenters. The number of hydrogen-bond donors (Lipinski definition) is 1. The van der Waals surface area contributed by atoms with Crippen molar-refractivity contribution in [1.82, 2.24) is 5.32 Å². The molecule has 3 aliphatic rings. The summed E-state index contributed by atoms with van der Waals surface area (Å²) in [5.41, 5.74) is 0. The third kappa shape index (κ3) is 2.75. The lowest BCUT2D eigenvalue weighted by molar-refractivity contribution is -0.110. The van der Waals surface area contributed by atoms with Gasteiger partial charge in [-0.25, -0.2) is 9.00 Å². The molecule has 2 aliphatic carbocycles. The Kier molecular flexibility index (Phi) is 3.94. The Balaban J connectivity index is 1.66. The van der Waals surface area contributed by atoms with Gasteiger partial charge in [0.15, 0.2) is 0 Å². The molecule has 0 aromatic carbocycles. The number of alkyl carbamates (subject to hydrolysis) is 1. The summed E-state index contributed by atoms with van der Waals surface area (Å²) in [4.78, 5) is 23.0. The average molecular weight is 331 g/mol. The summed E-state index contributed by atoms with van der Waals surface area (Å²) < 4.78 is 28.0. The highest BCUT2D eigenvalue weighted by Gasteiger charge is 2.65. The number of hydrogen-bond acceptors (Lipinski definition) is 6. The Hall–Kier alpha value is -1.12. The van der Waals surface area contributed by atoms with Crippen LogP contribution in [0, 0.1) is 11.8 Å². The molecule has 0 spiro atoms. The first-order valence-corrected chi connectivity index (χ1v) is 9.13. The Labute approximate surface area is 129 Å². The zero-order valence-electron chi connectivity index (χ0n) is 12.7. The lowest BCUT2D eigenvalue weighted by Crippen LogP contribution is -2.50. The van der Waals surface area contributed by atoms with Crippen LogP contribution in [0.4, 0.5) is 4.79 Å². The third-order valence-electron chi connectivity index (χ3n) is 4.69. The van der Waals surface area contributed by atoms with Crippen LogP contribution in [-0.2, 0) is 28.3 Å². The number of carbonyl (C=O) groups excluding carboxylic acids is 2. The van der Waals surface area contributed by atoms with Gasteiger partial charge in [0.2, 0.25) is 5.12 Å². The minimum atomic E-state index is -3.16. The van der Waals surface area contributed by atoms with Gasteiger partial charge in [0.05, 0.1) is 24.9 Å². The molecule has 124 valence electrons. The summed E-state index contributed by atoms with van der Waals surface area (Å²) in [5.74, 6) is 3.59. The summed E-state index contributed by atoms with van der Waals surface area (Å²) in [6, 6.07) is -0.0131. The van der Waals surface area contributed by atoms with E-state index in [2.05, 4.69) is 11.2 Å². The minimum absolute atomic E-state index is 0.0131. The molecule has 5 unspecified atom stereocenters. The predicted molar refractivity (Wildman–Crippen MR) is 79.6 cm³/mol. The van der Waals surface area contributed by atoms with Gasteiger partial charge in [-0.15, -0.1) is 0 Å². The largest absolute Gasteiger partial charge is 0.450 e. The molecular weight excluding hydrogens is 310 g/mol. The van der Waals surface area contributed by atoms with Crippen molar-refractivity contribution in [3.05, 3.63) is 0 Å². The number of ether oxygens (including phenoxy) is 2. The van der Waals surface area contributed by atoms with Crippen molar-refractivity contribution in [3.63, 3.8) is 0 Å². The van der Waals surface area contributed by atoms with Crippen LogP contribution in [0.15, 0.2) is 0 Å². The fourth-order valence-electron chi connectivity index (χ4n) is 3.71. The van der Waals surface area contributed by atoms with Gasteiger partial charge in [-0.1, -0.05) is 0 Å². The van der Waals surface area contributed by atoms with Gasteiger partial charge in [-0.3, -0.25) is 8.98 Å². The first kappa shape index (κ1) is 15.8. The molecule has 0 aromatic rings. The number of nitrogens with one attached hydrogen (secondary N) is 1. The lowest BCUT2D eigenvalue weighted by Gasteiger charge is -2.37. The average Bonchev–Trinajstić information content (AvgIpc) is 3.15. The molecule has 0 radical (unpaired) electrons. The van der Waals surface area contributed by atoms with E-state index in [0.29, 0.717) is 19.4 Å². The fraction of sp³-hybridized carbons (Fsp3) is 0.786.